The van der Waals surface area contributed by atoms with Gasteiger partial charge < -0.3 is 0 Å². The summed E-state index contributed by atoms with van der Waals surface area (Å²) in [6.07, 6.45) is 27.0. The van der Waals surface area contributed by atoms with Crippen molar-refractivity contribution in [3.05, 3.63) is 19.1 Å². The highest BCUT2D eigenvalue weighted by atomic mass is 14.0. The van der Waals surface area contributed by atoms with E-state index in [4.69, 9.17) is 0 Å². The molecule has 0 aliphatic carbocycles. The molecule has 0 heteroatoms. The predicted molar refractivity (Wildman–Crippen MR) is 94.0 cm³/mol. The van der Waals surface area contributed by atoms with Crippen molar-refractivity contribution in [1.29, 1.82) is 0 Å². The number of rotatable bonds is 16. The maximum atomic E-state index is 3.71. The van der Waals surface area contributed by atoms with Gasteiger partial charge >= 0.3 is 0 Å². The normalized spacial score (nSPS) is 11.5. The largest absolute Gasteiger partial charge is 0.0885 e. The van der Waals surface area contributed by atoms with E-state index in [1.165, 1.54) is 103 Å². The Labute approximate surface area is 129 Å². The molecule has 0 heterocycles. The first-order chi connectivity index (χ1) is 9.91. The summed E-state index contributed by atoms with van der Waals surface area (Å²) >= 11 is 0. The average molecular weight is 280 g/mol. The summed E-state index contributed by atoms with van der Waals surface area (Å²) in [7, 11) is 0. The molecule has 0 aromatic heterocycles. The van der Waals surface area contributed by atoms with E-state index >= 15 is 0 Å². The SMILES string of the molecule is [CH2]/C=C/CCCCCCCCCCCCCCCCC. The Kier molecular flexibility index (Phi) is 18.5. The Morgan fingerprint density at radius 3 is 1.25 bits per heavy atom. The third-order valence-electron chi connectivity index (χ3n) is 4.14. The van der Waals surface area contributed by atoms with Crippen LogP contribution in [0.1, 0.15) is 110 Å². The zero-order valence-corrected chi connectivity index (χ0v) is 14.2. The first-order valence-corrected chi connectivity index (χ1v) is 9.36. The molecule has 1 radical (unpaired) electrons. The van der Waals surface area contributed by atoms with Gasteiger partial charge in [0.25, 0.3) is 0 Å². The fraction of sp³-hybridized carbons (Fsp3) is 0.850. The second-order valence-corrected chi connectivity index (χ2v) is 6.21. The highest BCUT2D eigenvalue weighted by Gasteiger charge is 1.93. The molecule has 0 spiro atoms. The summed E-state index contributed by atoms with van der Waals surface area (Å²) in [6.45, 7) is 6.00. The quantitative estimate of drug-likeness (QED) is 0.255. The van der Waals surface area contributed by atoms with E-state index in [0.29, 0.717) is 0 Å². The Morgan fingerprint density at radius 2 is 0.900 bits per heavy atom. The molecule has 0 rings (SSSR count). The van der Waals surface area contributed by atoms with Crippen LogP contribution in [-0.2, 0) is 0 Å². The van der Waals surface area contributed by atoms with E-state index in [1.54, 1.807) is 0 Å². The maximum Gasteiger partial charge on any atom is -0.0316 e. The van der Waals surface area contributed by atoms with Crippen molar-refractivity contribution < 1.29 is 0 Å². The molecule has 0 atom stereocenters. The second kappa shape index (κ2) is 18.7. The third-order valence-corrected chi connectivity index (χ3v) is 4.14. The summed E-state index contributed by atoms with van der Waals surface area (Å²) in [4.78, 5) is 0. The van der Waals surface area contributed by atoms with Gasteiger partial charge in [-0.05, 0) is 19.8 Å². The van der Waals surface area contributed by atoms with Crippen molar-refractivity contribution in [2.24, 2.45) is 0 Å². The van der Waals surface area contributed by atoms with E-state index in [0.717, 1.165) is 0 Å². The van der Waals surface area contributed by atoms with Gasteiger partial charge in [0.15, 0.2) is 0 Å². The molecule has 0 aliphatic rings. The molecule has 0 N–H and O–H groups in total. The molecule has 0 nitrogen and oxygen atoms in total. The Morgan fingerprint density at radius 1 is 0.550 bits per heavy atom. The summed E-state index contributed by atoms with van der Waals surface area (Å²) in [5.74, 6) is 0. The van der Waals surface area contributed by atoms with Crippen molar-refractivity contribution in [3.8, 4) is 0 Å². The summed E-state index contributed by atoms with van der Waals surface area (Å²) in [5, 5.41) is 0. The molecular formula is C20H39. The monoisotopic (exact) mass is 279 g/mol. The zero-order chi connectivity index (χ0) is 14.7. The van der Waals surface area contributed by atoms with Crippen LogP contribution in [-0.4, -0.2) is 0 Å². The molecule has 0 amide bonds. The van der Waals surface area contributed by atoms with Gasteiger partial charge in [-0.1, -0.05) is 109 Å². The van der Waals surface area contributed by atoms with E-state index in [9.17, 15) is 0 Å². The maximum absolute atomic E-state index is 3.71. The van der Waals surface area contributed by atoms with Crippen LogP contribution < -0.4 is 0 Å². The van der Waals surface area contributed by atoms with Crippen LogP contribution in [0.4, 0.5) is 0 Å². The van der Waals surface area contributed by atoms with Gasteiger partial charge in [0, 0.05) is 0 Å². The highest BCUT2D eigenvalue weighted by Crippen LogP contribution is 2.13. The minimum absolute atomic E-state index is 1.22. The summed E-state index contributed by atoms with van der Waals surface area (Å²) < 4.78 is 0. The first-order valence-electron chi connectivity index (χ1n) is 9.36. The van der Waals surface area contributed by atoms with Gasteiger partial charge in [-0.2, -0.15) is 0 Å². The number of hydrogen-bond donors (Lipinski definition) is 0. The van der Waals surface area contributed by atoms with Gasteiger partial charge in [0.1, 0.15) is 0 Å². The van der Waals surface area contributed by atoms with E-state index in [-0.39, 0.29) is 0 Å². The molecule has 0 saturated heterocycles. The Bertz CT molecular complexity index is 180. The average Bonchev–Trinajstić information content (AvgIpc) is 2.47. The van der Waals surface area contributed by atoms with Gasteiger partial charge in [-0.15, -0.1) is 0 Å². The van der Waals surface area contributed by atoms with Crippen molar-refractivity contribution in [2.45, 2.75) is 110 Å². The number of hydrogen-bond acceptors (Lipinski definition) is 0. The summed E-state index contributed by atoms with van der Waals surface area (Å²) in [5.41, 5.74) is 0. The van der Waals surface area contributed by atoms with Crippen LogP contribution in [0.5, 0.6) is 0 Å². The van der Waals surface area contributed by atoms with E-state index < -0.39 is 0 Å². The van der Waals surface area contributed by atoms with Crippen molar-refractivity contribution in [2.75, 3.05) is 0 Å². The lowest BCUT2D eigenvalue weighted by Crippen LogP contribution is -1.83. The topological polar surface area (TPSA) is 0 Å². The van der Waals surface area contributed by atoms with Crippen LogP contribution in [0.2, 0.25) is 0 Å². The molecule has 0 saturated carbocycles. The molecule has 0 unspecified atom stereocenters. The molecule has 0 aliphatic heterocycles. The molecular weight excluding hydrogens is 240 g/mol. The van der Waals surface area contributed by atoms with E-state index in [2.05, 4.69) is 19.9 Å². The predicted octanol–water partition coefficient (Wildman–Crippen LogP) is 7.64. The standard InChI is InChI=1S/C20H39/c1-3-5-7-9-11-13-15-17-19-20-18-16-14-12-10-8-6-4-2/h3,5H,1,4,6-20H2,2H3/b5-3+. The minimum atomic E-state index is 1.22. The van der Waals surface area contributed by atoms with Crippen LogP contribution in [0, 0.1) is 6.92 Å². The van der Waals surface area contributed by atoms with Gasteiger partial charge in [-0.3, -0.25) is 0 Å². The Balaban J connectivity index is 2.92. The lowest BCUT2D eigenvalue weighted by molar-refractivity contribution is 0.533. The fourth-order valence-electron chi connectivity index (χ4n) is 2.75. The molecule has 20 heavy (non-hydrogen) atoms. The zero-order valence-electron chi connectivity index (χ0n) is 14.2. The van der Waals surface area contributed by atoms with Crippen molar-refractivity contribution in [3.63, 3.8) is 0 Å². The fourth-order valence-corrected chi connectivity index (χ4v) is 2.75. The van der Waals surface area contributed by atoms with Gasteiger partial charge in [0.05, 0.1) is 0 Å². The highest BCUT2D eigenvalue weighted by molar-refractivity contribution is 4.83. The third kappa shape index (κ3) is 17.7. The van der Waals surface area contributed by atoms with Gasteiger partial charge in [-0.25, -0.2) is 0 Å². The van der Waals surface area contributed by atoms with E-state index in [1.807, 2.05) is 6.08 Å². The summed E-state index contributed by atoms with van der Waals surface area (Å²) in [6, 6.07) is 0. The van der Waals surface area contributed by atoms with Crippen LogP contribution in [0.3, 0.4) is 0 Å². The van der Waals surface area contributed by atoms with Crippen LogP contribution >= 0.6 is 0 Å². The first kappa shape index (κ1) is 19.7. The second-order valence-electron chi connectivity index (χ2n) is 6.21. The number of allylic oxidation sites excluding steroid dienone is 2. The van der Waals surface area contributed by atoms with Crippen molar-refractivity contribution in [1.82, 2.24) is 0 Å². The van der Waals surface area contributed by atoms with Crippen molar-refractivity contribution >= 4 is 0 Å². The molecule has 119 valence electrons. The minimum Gasteiger partial charge on any atom is -0.0885 e. The molecule has 0 aromatic rings. The lowest BCUT2D eigenvalue weighted by Gasteiger charge is -2.03. The van der Waals surface area contributed by atoms with Crippen LogP contribution in [0.15, 0.2) is 12.2 Å². The number of unbranched alkanes of at least 4 members (excludes halogenated alkanes) is 15. The molecule has 0 aromatic carbocycles. The van der Waals surface area contributed by atoms with Gasteiger partial charge in [0.2, 0.25) is 0 Å². The Hall–Kier alpha value is -0.260. The lowest BCUT2D eigenvalue weighted by atomic mass is 10.0. The van der Waals surface area contributed by atoms with Crippen LogP contribution in [0.25, 0.3) is 0 Å². The molecule has 0 fully saturated rings. The molecule has 0 bridgehead atoms. The smallest absolute Gasteiger partial charge is 0.0316 e.